The zero-order chi connectivity index (χ0) is 13.6. The van der Waals surface area contributed by atoms with E-state index >= 15 is 0 Å². The highest BCUT2D eigenvalue weighted by Crippen LogP contribution is 2.49. The smallest absolute Gasteiger partial charge is 0.00179 e. The summed E-state index contributed by atoms with van der Waals surface area (Å²) >= 11 is 0. The van der Waals surface area contributed by atoms with E-state index in [0.717, 1.165) is 0 Å². The van der Waals surface area contributed by atoms with Crippen molar-refractivity contribution in [3.8, 4) is 0 Å². The first kappa shape index (κ1) is 14.4. The van der Waals surface area contributed by atoms with Crippen molar-refractivity contribution in [2.45, 2.75) is 52.4 Å². The minimum Gasteiger partial charge on any atom is -0.0770 e. The predicted molar refractivity (Wildman–Crippen MR) is 85.0 cm³/mol. The molecule has 2 aliphatic carbocycles. The molecule has 19 heavy (non-hydrogen) atoms. The number of allylic oxidation sites excluding steroid dienone is 8. The standard InChI is InChI=1S/C19H28/c1-3-5-15-19(16-6-4-2,17-11-7-8-12-17)18-13-9-10-14-18/h7-14,17-18H,3-6,15-16H2,1-2H3. The summed E-state index contributed by atoms with van der Waals surface area (Å²) in [6.07, 6.45) is 26.6. The number of rotatable bonds is 8. The topological polar surface area (TPSA) is 0 Å². The van der Waals surface area contributed by atoms with Gasteiger partial charge in [0, 0.05) is 11.8 Å². The zero-order valence-corrected chi connectivity index (χ0v) is 12.5. The molecule has 0 N–H and O–H groups in total. The summed E-state index contributed by atoms with van der Waals surface area (Å²) in [7, 11) is 0. The van der Waals surface area contributed by atoms with Gasteiger partial charge in [-0.1, -0.05) is 88.1 Å². The highest BCUT2D eigenvalue weighted by atomic mass is 14.4. The second-order valence-electron chi connectivity index (χ2n) is 6.03. The van der Waals surface area contributed by atoms with E-state index in [9.17, 15) is 0 Å². The molecule has 0 atom stereocenters. The third-order valence-corrected chi connectivity index (χ3v) is 4.82. The van der Waals surface area contributed by atoms with Crippen molar-refractivity contribution in [1.82, 2.24) is 0 Å². The second-order valence-corrected chi connectivity index (χ2v) is 6.03. The Bertz CT molecular complexity index is 319. The first-order valence-corrected chi connectivity index (χ1v) is 8.03. The molecule has 0 saturated heterocycles. The molecule has 0 saturated carbocycles. The Hall–Kier alpha value is -1.04. The summed E-state index contributed by atoms with van der Waals surface area (Å²) in [5, 5.41) is 0. The van der Waals surface area contributed by atoms with Gasteiger partial charge in [0.05, 0.1) is 0 Å². The lowest BCUT2D eigenvalue weighted by Crippen LogP contribution is -2.34. The zero-order valence-electron chi connectivity index (χ0n) is 12.5. The van der Waals surface area contributed by atoms with Crippen LogP contribution in [0.15, 0.2) is 48.6 Å². The van der Waals surface area contributed by atoms with Crippen molar-refractivity contribution in [3.63, 3.8) is 0 Å². The molecule has 0 aromatic carbocycles. The molecule has 2 rings (SSSR count). The fourth-order valence-electron chi connectivity index (χ4n) is 3.66. The van der Waals surface area contributed by atoms with Crippen molar-refractivity contribution in [1.29, 1.82) is 0 Å². The highest BCUT2D eigenvalue weighted by Gasteiger charge is 2.41. The molecule has 0 unspecified atom stereocenters. The first-order valence-electron chi connectivity index (χ1n) is 8.03. The average Bonchev–Trinajstić information content (AvgIpc) is 3.12. The summed E-state index contributed by atoms with van der Waals surface area (Å²) in [6, 6.07) is 0. The van der Waals surface area contributed by atoms with E-state index in [-0.39, 0.29) is 0 Å². The van der Waals surface area contributed by atoms with Gasteiger partial charge in [-0.25, -0.2) is 0 Å². The minimum absolute atomic E-state index is 0.416. The van der Waals surface area contributed by atoms with Crippen LogP contribution in [0.3, 0.4) is 0 Å². The molecular formula is C19H28. The Morgan fingerprint density at radius 3 is 1.37 bits per heavy atom. The van der Waals surface area contributed by atoms with Gasteiger partial charge >= 0.3 is 0 Å². The van der Waals surface area contributed by atoms with Crippen LogP contribution in [0.2, 0.25) is 0 Å². The Balaban J connectivity index is 2.25. The van der Waals surface area contributed by atoms with Gasteiger partial charge in [-0.2, -0.15) is 0 Å². The second kappa shape index (κ2) is 6.93. The normalized spacial score (nSPS) is 19.1. The lowest BCUT2D eigenvalue weighted by Gasteiger charge is -2.42. The van der Waals surface area contributed by atoms with Crippen molar-refractivity contribution in [2.24, 2.45) is 17.3 Å². The maximum atomic E-state index is 2.42. The molecule has 0 bridgehead atoms. The summed E-state index contributed by atoms with van der Waals surface area (Å²) in [5.41, 5.74) is 0.416. The monoisotopic (exact) mass is 256 g/mol. The van der Waals surface area contributed by atoms with E-state index in [2.05, 4.69) is 62.5 Å². The maximum Gasteiger partial charge on any atom is 0.00179 e. The molecule has 0 aromatic heterocycles. The van der Waals surface area contributed by atoms with Crippen LogP contribution in [0.4, 0.5) is 0 Å². The molecule has 0 aromatic rings. The quantitative estimate of drug-likeness (QED) is 0.512. The predicted octanol–water partition coefficient (Wildman–Crippen LogP) is 5.84. The van der Waals surface area contributed by atoms with Crippen molar-refractivity contribution in [2.75, 3.05) is 0 Å². The van der Waals surface area contributed by atoms with E-state index in [1.807, 2.05) is 0 Å². The first-order chi connectivity index (χ1) is 9.33. The summed E-state index contributed by atoms with van der Waals surface area (Å²) in [6.45, 7) is 4.62. The van der Waals surface area contributed by atoms with Crippen molar-refractivity contribution in [3.05, 3.63) is 48.6 Å². The van der Waals surface area contributed by atoms with E-state index in [4.69, 9.17) is 0 Å². The Kier molecular flexibility index (Phi) is 5.24. The molecule has 104 valence electrons. The largest absolute Gasteiger partial charge is 0.0770 e. The van der Waals surface area contributed by atoms with Crippen LogP contribution in [-0.4, -0.2) is 0 Å². The lowest BCUT2D eigenvalue weighted by atomic mass is 9.62. The van der Waals surface area contributed by atoms with Crippen LogP contribution in [0.5, 0.6) is 0 Å². The molecule has 0 nitrogen and oxygen atoms in total. The minimum atomic E-state index is 0.416. The average molecular weight is 256 g/mol. The van der Waals surface area contributed by atoms with Gasteiger partial charge in [-0.3, -0.25) is 0 Å². The third-order valence-electron chi connectivity index (χ3n) is 4.82. The molecule has 0 spiro atoms. The highest BCUT2D eigenvalue weighted by molar-refractivity contribution is 5.28. The van der Waals surface area contributed by atoms with Gasteiger partial charge < -0.3 is 0 Å². The van der Waals surface area contributed by atoms with Crippen LogP contribution < -0.4 is 0 Å². The third kappa shape index (κ3) is 3.11. The van der Waals surface area contributed by atoms with E-state index < -0.39 is 0 Å². The fraction of sp³-hybridized carbons (Fsp3) is 0.579. The van der Waals surface area contributed by atoms with Gasteiger partial charge in [0.1, 0.15) is 0 Å². The van der Waals surface area contributed by atoms with Gasteiger partial charge in [0.15, 0.2) is 0 Å². The SMILES string of the molecule is CCCCC(CCCC)(C1C=CC=C1)C1C=CC=C1. The van der Waals surface area contributed by atoms with E-state index in [1.165, 1.54) is 38.5 Å². The van der Waals surface area contributed by atoms with Crippen LogP contribution in [-0.2, 0) is 0 Å². The molecule has 0 aliphatic heterocycles. The van der Waals surface area contributed by atoms with Crippen molar-refractivity contribution < 1.29 is 0 Å². The van der Waals surface area contributed by atoms with E-state index in [1.54, 1.807) is 0 Å². The molecule has 0 radical (unpaired) electrons. The van der Waals surface area contributed by atoms with Gasteiger partial charge in [0.25, 0.3) is 0 Å². The maximum absolute atomic E-state index is 2.42. The summed E-state index contributed by atoms with van der Waals surface area (Å²) < 4.78 is 0. The molecule has 2 aliphatic rings. The summed E-state index contributed by atoms with van der Waals surface area (Å²) in [4.78, 5) is 0. The van der Waals surface area contributed by atoms with Crippen LogP contribution in [0, 0.1) is 17.3 Å². The van der Waals surface area contributed by atoms with Crippen LogP contribution in [0.25, 0.3) is 0 Å². The molecule has 0 heterocycles. The van der Waals surface area contributed by atoms with Gasteiger partial charge in [0.2, 0.25) is 0 Å². The Morgan fingerprint density at radius 1 is 0.684 bits per heavy atom. The van der Waals surface area contributed by atoms with Gasteiger partial charge in [-0.05, 0) is 18.3 Å². The number of hydrogen-bond donors (Lipinski definition) is 0. The summed E-state index contributed by atoms with van der Waals surface area (Å²) in [5.74, 6) is 1.26. The lowest BCUT2D eigenvalue weighted by molar-refractivity contribution is 0.143. The van der Waals surface area contributed by atoms with E-state index in [0.29, 0.717) is 17.3 Å². The van der Waals surface area contributed by atoms with Crippen LogP contribution in [0.1, 0.15) is 52.4 Å². The van der Waals surface area contributed by atoms with Gasteiger partial charge in [-0.15, -0.1) is 0 Å². The molecule has 0 amide bonds. The number of hydrogen-bond acceptors (Lipinski definition) is 0. The molecular weight excluding hydrogens is 228 g/mol. The number of unbranched alkanes of at least 4 members (excludes halogenated alkanes) is 2. The molecule has 0 fully saturated rings. The van der Waals surface area contributed by atoms with Crippen LogP contribution >= 0.6 is 0 Å². The fourth-order valence-corrected chi connectivity index (χ4v) is 3.66. The van der Waals surface area contributed by atoms with Crippen molar-refractivity contribution >= 4 is 0 Å². The Labute approximate surface area is 119 Å². The molecule has 0 heteroatoms. The Morgan fingerprint density at radius 2 is 1.05 bits per heavy atom.